The average molecular weight is 299 g/mol. The van der Waals surface area contributed by atoms with Gasteiger partial charge in [-0.2, -0.15) is 8.42 Å². The first kappa shape index (κ1) is 13.5. The molecule has 106 valence electrons. The van der Waals surface area contributed by atoms with Crippen LogP contribution in [0.1, 0.15) is 0 Å². The van der Waals surface area contributed by atoms with Crippen LogP contribution >= 0.6 is 0 Å². The number of para-hydroxylation sites is 1. The van der Waals surface area contributed by atoms with E-state index in [0.29, 0.717) is 11.2 Å². The van der Waals surface area contributed by atoms with E-state index in [-0.39, 0.29) is 5.03 Å². The molecule has 0 saturated carbocycles. The third-order valence-electron chi connectivity index (χ3n) is 3.21. The monoisotopic (exact) mass is 299 g/mol. The predicted octanol–water partition coefficient (Wildman–Crippen LogP) is 2.45. The van der Waals surface area contributed by atoms with Crippen LogP contribution in [0.5, 0.6) is 0 Å². The SMILES string of the molecule is CN(c1cccc2cccnc12)S(=O)(=O)c1ccccn1. The molecule has 0 saturated heterocycles. The molecule has 0 unspecified atom stereocenters. The Morgan fingerprint density at radius 1 is 0.905 bits per heavy atom. The number of fused-ring (bicyclic) bond motifs is 1. The smallest absolute Gasteiger partial charge is 0.266 e. The summed E-state index contributed by atoms with van der Waals surface area (Å²) in [5.74, 6) is 0. The van der Waals surface area contributed by atoms with Gasteiger partial charge in [-0.15, -0.1) is 0 Å². The summed E-state index contributed by atoms with van der Waals surface area (Å²) in [7, 11) is -2.19. The van der Waals surface area contributed by atoms with Crippen LogP contribution in [-0.4, -0.2) is 25.4 Å². The third-order valence-corrected chi connectivity index (χ3v) is 4.90. The predicted molar refractivity (Wildman–Crippen MR) is 81.6 cm³/mol. The molecule has 0 aliphatic carbocycles. The highest BCUT2D eigenvalue weighted by atomic mass is 32.2. The van der Waals surface area contributed by atoms with Gasteiger partial charge in [-0.1, -0.05) is 24.3 Å². The maximum Gasteiger partial charge on any atom is 0.281 e. The molecule has 5 nitrogen and oxygen atoms in total. The zero-order chi connectivity index (χ0) is 14.9. The Bertz CT molecular complexity index is 874. The summed E-state index contributed by atoms with van der Waals surface area (Å²) in [5.41, 5.74) is 1.17. The molecule has 2 heterocycles. The summed E-state index contributed by atoms with van der Waals surface area (Å²) in [5, 5.41) is 0.901. The Labute approximate surface area is 122 Å². The number of rotatable bonds is 3. The van der Waals surface area contributed by atoms with Crippen molar-refractivity contribution in [1.82, 2.24) is 9.97 Å². The number of aromatic nitrogens is 2. The van der Waals surface area contributed by atoms with E-state index in [9.17, 15) is 8.42 Å². The van der Waals surface area contributed by atoms with Gasteiger partial charge in [0.05, 0.1) is 11.2 Å². The lowest BCUT2D eigenvalue weighted by atomic mass is 10.2. The van der Waals surface area contributed by atoms with Gasteiger partial charge in [-0.3, -0.25) is 9.29 Å². The maximum absolute atomic E-state index is 12.6. The van der Waals surface area contributed by atoms with Gasteiger partial charge in [0.15, 0.2) is 5.03 Å². The van der Waals surface area contributed by atoms with E-state index in [2.05, 4.69) is 9.97 Å². The molecule has 3 rings (SSSR count). The molecule has 21 heavy (non-hydrogen) atoms. The van der Waals surface area contributed by atoms with Crippen LogP contribution in [0.2, 0.25) is 0 Å². The first-order chi connectivity index (χ1) is 10.1. The van der Waals surface area contributed by atoms with Gasteiger partial charge >= 0.3 is 0 Å². The van der Waals surface area contributed by atoms with Crippen molar-refractivity contribution >= 4 is 26.6 Å². The van der Waals surface area contributed by atoms with E-state index in [0.717, 1.165) is 5.39 Å². The number of anilines is 1. The van der Waals surface area contributed by atoms with Crippen LogP contribution in [0.15, 0.2) is 66.0 Å². The first-order valence-corrected chi connectivity index (χ1v) is 7.78. The fourth-order valence-corrected chi connectivity index (χ4v) is 3.24. The minimum absolute atomic E-state index is 0.0143. The zero-order valence-electron chi connectivity index (χ0n) is 11.3. The van der Waals surface area contributed by atoms with Crippen molar-refractivity contribution in [2.24, 2.45) is 0 Å². The summed E-state index contributed by atoms with van der Waals surface area (Å²) >= 11 is 0. The highest BCUT2D eigenvalue weighted by molar-refractivity contribution is 7.92. The number of hydrogen-bond donors (Lipinski definition) is 0. The minimum atomic E-state index is -3.70. The molecule has 3 aromatic rings. The second-order valence-corrected chi connectivity index (χ2v) is 6.41. The molecule has 0 fully saturated rings. The summed E-state index contributed by atoms with van der Waals surface area (Å²) < 4.78 is 26.4. The van der Waals surface area contributed by atoms with E-state index in [4.69, 9.17) is 0 Å². The molecule has 0 aliphatic heterocycles. The number of nitrogens with zero attached hydrogens (tertiary/aromatic N) is 3. The summed E-state index contributed by atoms with van der Waals surface area (Å²) in [4.78, 5) is 8.21. The number of pyridine rings is 2. The summed E-state index contributed by atoms with van der Waals surface area (Å²) in [6.07, 6.45) is 3.11. The van der Waals surface area contributed by atoms with E-state index in [1.165, 1.54) is 23.6 Å². The summed E-state index contributed by atoms with van der Waals surface area (Å²) in [6.45, 7) is 0. The third kappa shape index (κ3) is 2.34. The van der Waals surface area contributed by atoms with Gasteiger partial charge in [-0.25, -0.2) is 4.98 Å². The normalized spacial score (nSPS) is 11.5. The highest BCUT2D eigenvalue weighted by Gasteiger charge is 2.23. The molecular formula is C15H13N3O2S. The van der Waals surface area contributed by atoms with E-state index >= 15 is 0 Å². The second kappa shape index (κ2) is 5.14. The van der Waals surface area contributed by atoms with Crippen LogP contribution < -0.4 is 4.31 Å². The van der Waals surface area contributed by atoms with Crippen molar-refractivity contribution in [2.45, 2.75) is 5.03 Å². The minimum Gasteiger partial charge on any atom is -0.266 e. The quantitative estimate of drug-likeness (QED) is 0.745. The van der Waals surface area contributed by atoms with Crippen LogP contribution in [0, 0.1) is 0 Å². The van der Waals surface area contributed by atoms with Crippen LogP contribution in [-0.2, 0) is 10.0 Å². The number of sulfonamides is 1. The van der Waals surface area contributed by atoms with E-state index in [1.54, 1.807) is 24.4 Å². The molecule has 0 atom stereocenters. The van der Waals surface area contributed by atoms with Crippen molar-refractivity contribution in [3.63, 3.8) is 0 Å². The van der Waals surface area contributed by atoms with Gasteiger partial charge in [0.1, 0.15) is 0 Å². The fraction of sp³-hybridized carbons (Fsp3) is 0.0667. The topological polar surface area (TPSA) is 63.2 Å². The maximum atomic E-state index is 12.6. The van der Waals surface area contributed by atoms with Crippen molar-refractivity contribution < 1.29 is 8.42 Å². The summed E-state index contributed by atoms with van der Waals surface area (Å²) in [6, 6.07) is 14.0. The Kier molecular flexibility index (Phi) is 3.31. The van der Waals surface area contributed by atoms with E-state index in [1.807, 2.05) is 24.3 Å². The van der Waals surface area contributed by atoms with E-state index < -0.39 is 10.0 Å². The Morgan fingerprint density at radius 3 is 2.43 bits per heavy atom. The van der Waals surface area contributed by atoms with Gasteiger partial charge < -0.3 is 0 Å². The fourth-order valence-electron chi connectivity index (χ4n) is 2.11. The Morgan fingerprint density at radius 2 is 1.67 bits per heavy atom. The van der Waals surface area contributed by atoms with Crippen molar-refractivity contribution in [3.05, 3.63) is 60.9 Å². The van der Waals surface area contributed by atoms with Crippen LogP contribution in [0.3, 0.4) is 0 Å². The molecular weight excluding hydrogens is 286 g/mol. The largest absolute Gasteiger partial charge is 0.281 e. The van der Waals surface area contributed by atoms with Crippen molar-refractivity contribution in [1.29, 1.82) is 0 Å². The molecule has 0 amide bonds. The second-order valence-electron chi connectivity index (χ2n) is 4.49. The standard InChI is InChI=1S/C15H13N3O2S/c1-18(21(19,20)14-9-2-3-10-16-14)13-8-4-6-12-7-5-11-17-15(12)13/h2-11H,1H3. The molecule has 0 bridgehead atoms. The van der Waals surface area contributed by atoms with Gasteiger partial charge in [0.2, 0.25) is 0 Å². The molecule has 2 aromatic heterocycles. The number of hydrogen-bond acceptors (Lipinski definition) is 4. The van der Waals surface area contributed by atoms with Crippen LogP contribution in [0.25, 0.3) is 10.9 Å². The van der Waals surface area contributed by atoms with Crippen molar-refractivity contribution in [3.8, 4) is 0 Å². The first-order valence-electron chi connectivity index (χ1n) is 6.34. The molecule has 6 heteroatoms. The molecule has 1 aromatic carbocycles. The molecule has 0 aliphatic rings. The average Bonchev–Trinajstić information content (AvgIpc) is 2.54. The van der Waals surface area contributed by atoms with Crippen molar-refractivity contribution in [2.75, 3.05) is 11.4 Å². The molecule has 0 spiro atoms. The number of benzene rings is 1. The van der Waals surface area contributed by atoms with Gasteiger partial charge in [0.25, 0.3) is 10.0 Å². The lowest BCUT2D eigenvalue weighted by Gasteiger charge is -2.19. The molecule has 0 radical (unpaired) electrons. The van der Waals surface area contributed by atoms with Gasteiger partial charge in [-0.05, 0) is 24.3 Å². The zero-order valence-corrected chi connectivity index (χ0v) is 12.2. The van der Waals surface area contributed by atoms with Crippen LogP contribution in [0.4, 0.5) is 5.69 Å². The Hall–Kier alpha value is -2.47. The lowest BCUT2D eigenvalue weighted by molar-refractivity contribution is 0.590. The van der Waals surface area contributed by atoms with Gasteiger partial charge in [0, 0.05) is 24.8 Å². The lowest BCUT2D eigenvalue weighted by Crippen LogP contribution is -2.27. The Balaban J connectivity index is 2.15. The highest BCUT2D eigenvalue weighted by Crippen LogP contribution is 2.27. The molecule has 0 N–H and O–H groups in total.